The predicted octanol–water partition coefficient (Wildman–Crippen LogP) is 2.98. The largest absolute Gasteiger partial charge is 0.444 e. The van der Waals surface area contributed by atoms with Gasteiger partial charge in [-0.1, -0.05) is 23.7 Å². The van der Waals surface area contributed by atoms with Gasteiger partial charge >= 0.3 is 6.09 Å². The zero-order valence-electron chi connectivity index (χ0n) is 22.2. The molecule has 3 fully saturated rings. The van der Waals surface area contributed by atoms with E-state index >= 15 is 0 Å². The van der Waals surface area contributed by atoms with Crippen molar-refractivity contribution in [3.05, 3.63) is 41.4 Å². The average molecular weight is 577 g/mol. The molecule has 0 spiro atoms. The molecule has 3 heterocycles. The van der Waals surface area contributed by atoms with Crippen LogP contribution < -0.4 is 4.72 Å². The van der Waals surface area contributed by atoms with E-state index in [2.05, 4.69) is 4.72 Å². The number of amides is 3. The summed E-state index contributed by atoms with van der Waals surface area (Å²) in [6.45, 7) is 6.51. The summed E-state index contributed by atoms with van der Waals surface area (Å²) >= 11 is 6.02. The van der Waals surface area contributed by atoms with E-state index in [9.17, 15) is 22.8 Å². The van der Waals surface area contributed by atoms with Crippen molar-refractivity contribution in [2.24, 2.45) is 0 Å². The highest BCUT2D eigenvalue weighted by atomic mass is 35.5. The number of hydrogen-bond donors (Lipinski definition) is 1. The van der Waals surface area contributed by atoms with E-state index in [0.717, 1.165) is 10.8 Å². The lowest BCUT2D eigenvalue weighted by Crippen LogP contribution is -2.57. The highest BCUT2D eigenvalue weighted by Gasteiger charge is 2.48. The van der Waals surface area contributed by atoms with Crippen molar-refractivity contribution in [3.8, 4) is 0 Å². The molecule has 0 saturated carbocycles. The molecule has 5 rings (SSSR count). The van der Waals surface area contributed by atoms with Crippen LogP contribution in [0.4, 0.5) is 4.79 Å². The number of rotatable bonds is 5. The maximum absolute atomic E-state index is 13.2. The molecule has 2 aromatic carbocycles. The van der Waals surface area contributed by atoms with Crippen molar-refractivity contribution < 1.29 is 27.5 Å². The maximum atomic E-state index is 13.2. The van der Waals surface area contributed by atoms with E-state index in [-0.39, 0.29) is 35.5 Å². The second kappa shape index (κ2) is 10.3. The number of piperazine rings is 1. The van der Waals surface area contributed by atoms with Crippen LogP contribution in [-0.2, 0) is 24.3 Å². The molecular formula is C27H33ClN4O6S. The van der Waals surface area contributed by atoms with Gasteiger partial charge < -0.3 is 19.4 Å². The lowest BCUT2D eigenvalue weighted by atomic mass is 10.1. The fraction of sp³-hybridized carbons (Fsp3) is 0.519. The number of ether oxygens (including phenoxy) is 1. The molecule has 3 amide bonds. The van der Waals surface area contributed by atoms with Crippen molar-refractivity contribution in [1.82, 2.24) is 19.4 Å². The number of carbonyl (C=O) groups is 3. The molecule has 3 aliphatic rings. The van der Waals surface area contributed by atoms with Crippen LogP contribution in [0.2, 0.25) is 5.02 Å². The molecule has 0 aliphatic carbocycles. The second-order valence-electron chi connectivity index (χ2n) is 11.5. The van der Waals surface area contributed by atoms with Crippen LogP contribution in [0, 0.1) is 0 Å². The molecule has 0 radical (unpaired) electrons. The van der Waals surface area contributed by atoms with Crippen molar-refractivity contribution in [3.63, 3.8) is 0 Å². The predicted molar refractivity (Wildman–Crippen MR) is 146 cm³/mol. The van der Waals surface area contributed by atoms with E-state index in [1.54, 1.807) is 40.1 Å². The molecular weight excluding hydrogens is 544 g/mol. The van der Waals surface area contributed by atoms with Gasteiger partial charge in [-0.2, -0.15) is 4.72 Å². The Morgan fingerprint density at radius 3 is 2.41 bits per heavy atom. The topological polar surface area (TPSA) is 116 Å². The zero-order valence-corrected chi connectivity index (χ0v) is 23.8. The Labute approximate surface area is 233 Å². The third-order valence-electron chi connectivity index (χ3n) is 7.43. The van der Waals surface area contributed by atoms with Gasteiger partial charge in [0.05, 0.1) is 23.5 Å². The molecule has 39 heavy (non-hydrogen) atoms. The molecule has 2 bridgehead atoms. The molecule has 0 aromatic heterocycles. The molecule has 10 nitrogen and oxygen atoms in total. The van der Waals surface area contributed by atoms with Gasteiger partial charge in [-0.05, 0) is 75.1 Å². The van der Waals surface area contributed by atoms with Gasteiger partial charge in [0, 0.05) is 24.7 Å². The first-order valence-electron chi connectivity index (χ1n) is 13.1. The molecule has 3 aliphatic heterocycles. The quantitative estimate of drug-likeness (QED) is 0.585. The highest BCUT2D eigenvalue weighted by molar-refractivity contribution is 7.89. The molecule has 0 unspecified atom stereocenters. The standard InChI is InChI=1S/C27H33ClN4O6S/c1-27(2,3)38-26(35)32-15-20-13-21(32)14-31(20)24(33)16-30-10-4-5-23(25(30)34)29-39(36,37)22-9-7-17-11-19(28)8-6-18(17)12-22/h6-9,11-12,20-21,23,29H,4-5,10,13-16H2,1-3H3/t20-,21+,23-/m0/s1. The van der Waals surface area contributed by atoms with Gasteiger partial charge in [-0.3, -0.25) is 9.59 Å². The van der Waals surface area contributed by atoms with Gasteiger partial charge in [0.2, 0.25) is 21.8 Å². The molecule has 210 valence electrons. The fourth-order valence-corrected chi connectivity index (χ4v) is 7.03. The SMILES string of the molecule is CC(C)(C)OC(=O)N1C[C@@H]2C[C@@H]1CN2C(=O)CN1CCC[C@H](NS(=O)(=O)c2ccc3cc(Cl)ccc3c2)C1=O. The number of sulfonamides is 1. The fourth-order valence-electron chi connectivity index (χ4n) is 5.59. The monoisotopic (exact) mass is 576 g/mol. The minimum Gasteiger partial charge on any atom is -0.444 e. The lowest BCUT2D eigenvalue weighted by molar-refractivity contribution is -0.144. The first-order valence-corrected chi connectivity index (χ1v) is 15.0. The van der Waals surface area contributed by atoms with E-state index in [0.29, 0.717) is 43.9 Å². The number of nitrogens with zero attached hydrogens (tertiary/aromatic N) is 3. The Hall–Kier alpha value is -2.89. The van der Waals surface area contributed by atoms with Gasteiger partial charge in [0.25, 0.3) is 0 Å². The van der Waals surface area contributed by atoms with Crippen molar-refractivity contribution in [2.45, 2.75) is 68.7 Å². The average Bonchev–Trinajstić information content (AvgIpc) is 3.46. The number of piperidine rings is 1. The van der Waals surface area contributed by atoms with E-state index < -0.39 is 27.6 Å². The lowest BCUT2D eigenvalue weighted by Gasteiger charge is -2.37. The summed E-state index contributed by atoms with van der Waals surface area (Å²) in [5.41, 5.74) is -0.594. The van der Waals surface area contributed by atoms with Crippen LogP contribution >= 0.6 is 11.6 Å². The van der Waals surface area contributed by atoms with Crippen molar-refractivity contribution >= 4 is 50.3 Å². The Morgan fingerprint density at radius 1 is 1.05 bits per heavy atom. The van der Waals surface area contributed by atoms with Crippen molar-refractivity contribution in [2.75, 3.05) is 26.2 Å². The molecule has 3 saturated heterocycles. The summed E-state index contributed by atoms with van der Waals surface area (Å²) in [5, 5.41) is 2.08. The number of halogens is 1. The minimum atomic E-state index is -3.97. The van der Waals surface area contributed by atoms with Crippen LogP contribution in [0.3, 0.4) is 0 Å². The summed E-state index contributed by atoms with van der Waals surface area (Å²) in [5.74, 6) is -0.609. The highest BCUT2D eigenvalue weighted by Crippen LogP contribution is 2.32. The number of benzene rings is 2. The van der Waals surface area contributed by atoms with Gasteiger partial charge in [0.15, 0.2) is 0 Å². The molecule has 12 heteroatoms. The molecule has 3 atom stereocenters. The smallest absolute Gasteiger partial charge is 0.410 e. The van der Waals surface area contributed by atoms with Gasteiger partial charge in [-0.25, -0.2) is 13.2 Å². The van der Waals surface area contributed by atoms with Crippen molar-refractivity contribution in [1.29, 1.82) is 0 Å². The Balaban J connectivity index is 1.20. The Morgan fingerprint density at radius 2 is 1.72 bits per heavy atom. The van der Waals surface area contributed by atoms with E-state index in [4.69, 9.17) is 16.3 Å². The number of carbonyl (C=O) groups excluding carboxylic acids is 3. The van der Waals surface area contributed by atoms with Crippen LogP contribution in [0.5, 0.6) is 0 Å². The number of hydrogen-bond acceptors (Lipinski definition) is 6. The first-order chi connectivity index (χ1) is 18.3. The number of likely N-dealkylation sites (tertiary alicyclic amines) is 3. The summed E-state index contributed by atoms with van der Waals surface area (Å²) in [6, 6.07) is 8.72. The molecule has 1 N–H and O–H groups in total. The van der Waals surface area contributed by atoms with Gasteiger partial charge in [0.1, 0.15) is 11.6 Å². The maximum Gasteiger partial charge on any atom is 0.410 e. The van der Waals surface area contributed by atoms with E-state index in [1.807, 2.05) is 20.8 Å². The van der Waals surface area contributed by atoms with Crippen LogP contribution in [0.15, 0.2) is 41.3 Å². The van der Waals surface area contributed by atoms with Crippen LogP contribution in [0.1, 0.15) is 40.0 Å². The Kier molecular flexibility index (Phi) is 7.28. The second-order valence-corrected chi connectivity index (χ2v) is 13.6. The minimum absolute atomic E-state index is 0.0564. The Bertz CT molecular complexity index is 1430. The van der Waals surface area contributed by atoms with Gasteiger partial charge in [-0.15, -0.1) is 0 Å². The van der Waals surface area contributed by atoms with E-state index in [1.165, 1.54) is 11.0 Å². The summed E-state index contributed by atoms with van der Waals surface area (Å²) in [7, 11) is -3.97. The summed E-state index contributed by atoms with van der Waals surface area (Å²) in [4.78, 5) is 43.8. The third kappa shape index (κ3) is 5.85. The van der Waals surface area contributed by atoms with Crippen LogP contribution in [-0.4, -0.2) is 90.9 Å². The zero-order chi connectivity index (χ0) is 28.1. The number of nitrogens with one attached hydrogen (secondary N) is 1. The normalized spacial score (nSPS) is 23.5. The molecule has 2 aromatic rings. The van der Waals surface area contributed by atoms with Crippen LogP contribution in [0.25, 0.3) is 10.8 Å². The summed E-state index contributed by atoms with van der Waals surface area (Å²) < 4.78 is 34.3. The number of fused-ring (bicyclic) bond motifs is 3. The third-order valence-corrected chi connectivity index (χ3v) is 9.13. The first kappa shape index (κ1) is 27.7. The summed E-state index contributed by atoms with van der Waals surface area (Å²) in [6.07, 6.45) is 1.23.